The van der Waals surface area contributed by atoms with E-state index < -0.39 is 18.1 Å². The molecule has 18 heavy (non-hydrogen) atoms. The lowest BCUT2D eigenvalue weighted by atomic mass is 10.3. The second-order valence-corrected chi connectivity index (χ2v) is 4.80. The third-order valence-corrected chi connectivity index (χ3v) is 2.81. The Labute approximate surface area is 116 Å². The molecule has 0 spiro atoms. The van der Waals surface area contributed by atoms with Gasteiger partial charge < -0.3 is 5.32 Å². The molecule has 0 aliphatic carbocycles. The minimum atomic E-state index is -5.10. The Balaban J connectivity index is 2.68. The van der Waals surface area contributed by atoms with Gasteiger partial charge in [0.25, 0.3) is 0 Å². The average molecular weight is 390 g/mol. The number of halogens is 5. The first kappa shape index (κ1) is 15.0. The van der Waals surface area contributed by atoms with Gasteiger partial charge in [0.15, 0.2) is 0 Å². The number of carbonyl (C=O) groups is 2. The number of carbonyl (C=O) groups excluding carboxylic acids is 2. The van der Waals surface area contributed by atoms with Crippen molar-refractivity contribution >= 4 is 49.5 Å². The van der Waals surface area contributed by atoms with E-state index in [4.69, 9.17) is 0 Å². The van der Waals surface area contributed by atoms with E-state index in [1.165, 1.54) is 6.07 Å². The molecule has 2 N–H and O–H groups in total. The molecule has 9 heteroatoms. The molecule has 0 radical (unpaired) electrons. The Morgan fingerprint density at radius 3 is 2.28 bits per heavy atom. The highest BCUT2D eigenvalue weighted by atomic mass is 79.9. The van der Waals surface area contributed by atoms with Crippen molar-refractivity contribution < 1.29 is 22.8 Å². The molecule has 4 nitrogen and oxygen atoms in total. The number of rotatable bonds is 1. The number of hydrogen-bond acceptors (Lipinski definition) is 2. The second-order valence-electron chi connectivity index (χ2n) is 3.03. The summed E-state index contributed by atoms with van der Waals surface area (Å²) in [6, 6.07) is 3.35. The van der Waals surface area contributed by atoms with E-state index in [9.17, 15) is 22.8 Å². The van der Waals surface area contributed by atoms with Gasteiger partial charge in [0.1, 0.15) is 0 Å². The second kappa shape index (κ2) is 5.70. The maximum absolute atomic E-state index is 11.9. The molecule has 1 aromatic rings. The molecule has 0 atom stereocenters. The molecule has 0 aromatic heterocycles. The van der Waals surface area contributed by atoms with Crippen molar-refractivity contribution in [2.45, 2.75) is 6.18 Å². The Morgan fingerprint density at radius 2 is 1.78 bits per heavy atom. The van der Waals surface area contributed by atoms with Gasteiger partial charge in [0.05, 0.1) is 5.69 Å². The van der Waals surface area contributed by atoms with Gasteiger partial charge in [-0.3, -0.25) is 10.1 Å². The van der Waals surface area contributed by atoms with Crippen molar-refractivity contribution in [1.29, 1.82) is 0 Å². The number of benzene rings is 1. The van der Waals surface area contributed by atoms with Gasteiger partial charge in [0.2, 0.25) is 0 Å². The minimum absolute atomic E-state index is 0.227. The van der Waals surface area contributed by atoms with Crippen molar-refractivity contribution in [3.63, 3.8) is 0 Å². The van der Waals surface area contributed by atoms with E-state index in [0.717, 1.165) is 5.32 Å². The van der Waals surface area contributed by atoms with Crippen molar-refractivity contribution in [3.05, 3.63) is 27.1 Å². The number of alkyl halides is 3. The zero-order valence-corrected chi connectivity index (χ0v) is 11.6. The Morgan fingerprint density at radius 1 is 1.17 bits per heavy atom. The van der Waals surface area contributed by atoms with Crippen LogP contribution in [0.4, 0.5) is 23.7 Å². The van der Waals surface area contributed by atoms with Crippen molar-refractivity contribution in [2.24, 2.45) is 0 Å². The SMILES string of the molecule is O=C(NC(=O)C(F)(F)F)Nc1ccc(Br)cc1Br. The predicted molar refractivity (Wildman–Crippen MR) is 65.1 cm³/mol. The fourth-order valence-corrected chi connectivity index (χ4v) is 2.06. The Hall–Kier alpha value is -1.09. The number of anilines is 1. The Kier molecular flexibility index (Phi) is 4.74. The zero-order chi connectivity index (χ0) is 13.9. The summed E-state index contributed by atoms with van der Waals surface area (Å²) in [5, 5.41) is 3.27. The molecule has 0 aliphatic rings. The van der Waals surface area contributed by atoms with Crippen LogP contribution in [-0.2, 0) is 4.79 Å². The highest BCUT2D eigenvalue weighted by Gasteiger charge is 2.39. The van der Waals surface area contributed by atoms with Gasteiger partial charge in [-0.25, -0.2) is 4.79 Å². The molecule has 0 heterocycles. The van der Waals surface area contributed by atoms with Crippen LogP contribution in [0.25, 0.3) is 0 Å². The smallest absolute Gasteiger partial charge is 0.307 e. The molecule has 0 aliphatic heterocycles. The van der Waals surface area contributed by atoms with Gasteiger partial charge in [0, 0.05) is 8.95 Å². The maximum atomic E-state index is 11.9. The third-order valence-electron chi connectivity index (χ3n) is 1.66. The van der Waals surface area contributed by atoms with Crippen LogP contribution in [0.3, 0.4) is 0 Å². The third kappa shape index (κ3) is 4.30. The van der Waals surface area contributed by atoms with Gasteiger partial charge in [-0.05, 0) is 34.1 Å². The van der Waals surface area contributed by atoms with Crippen LogP contribution in [0.1, 0.15) is 0 Å². The number of hydrogen-bond donors (Lipinski definition) is 2. The normalized spacial score (nSPS) is 10.9. The summed E-state index contributed by atoms with van der Waals surface area (Å²) in [4.78, 5) is 21.6. The summed E-state index contributed by atoms with van der Waals surface area (Å²) < 4.78 is 36.8. The maximum Gasteiger partial charge on any atom is 0.471 e. The van der Waals surface area contributed by atoms with E-state index >= 15 is 0 Å². The van der Waals surface area contributed by atoms with Gasteiger partial charge in [-0.2, -0.15) is 13.2 Å². The van der Waals surface area contributed by atoms with Crippen molar-refractivity contribution in [2.75, 3.05) is 5.32 Å². The van der Waals surface area contributed by atoms with E-state index in [1.807, 2.05) is 0 Å². The number of imide groups is 1. The first-order chi connectivity index (χ1) is 8.20. The molecule has 0 saturated carbocycles. The molecule has 0 unspecified atom stereocenters. The molecular formula is C9H5Br2F3N2O2. The predicted octanol–water partition coefficient (Wildman–Crippen LogP) is 3.42. The van der Waals surface area contributed by atoms with Gasteiger partial charge >= 0.3 is 18.1 Å². The standard InChI is InChI=1S/C9H5Br2F3N2O2/c10-4-1-2-6(5(11)3-4)15-8(18)16-7(17)9(12,13)14/h1-3H,(H2,15,16,17,18). The lowest BCUT2D eigenvalue weighted by molar-refractivity contribution is -0.172. The van der Waals surface area contributed by atoms with Crippen LogP contribution in [0.15, 0.2) is 27.1 Å². The van der Waals surface area contributed by atoms with Crippen LogP contribution in [0.2, 0.25) is 0 Å². The Bertz CT molecular complexity index is 491. The van der Waals surface area contributed by atoms with E-state index in [0.29, 0.717) is 8.95 Å². The number of urea groups is 1. The van der Waals surface area contributed by atoms with Crippen LogP contribution in [-0.4, -0.2) is 18.1 Å². The molecule has 0 fully saturated rings. The lowest BCUT2D eigenvalue weighted by Crippen LogP contribution is -2.42. The summed E-state index contributed by atoms with van der Waals surface area (Å²) in [6.07, 6.45) is -5.10. The molecule has 3 amide bonds. The average Bonchev–Trinajstić information content (AvgIpc) is 2.20. The monoisotopic (exact) mass is 388 g/mol. The van der Waals surface area contributed by atoms with E-state index in [-0.39, 0.29) is 5.69 Å². The largest absolute Gasteiger partial charge is 0.471 e. The van der Waals surface area contributed by atoms with Crippen molar-refractivity contribution in [3.8, 4) is 0 Å². The molecular weight excluding hydrogens is 385 g/mol. The van der Waals surface area contributed by atoms with Gasteiger partial charge in [-0.1, -0.05) is 15.9 Å². The molecule has 1 rings (SSSR count). The lowest BCUT2D eigenvalue weighted by Gasteiger charge is -2.09. The van der Waals surface area contributed by atoms with Crippen LogP contribution >= 0.6 is 31.9 Å². The van der Waals surface area contributed by atoms with Crippen LogP contribution in [0, 0.1) is 0 Å². The quantitative estimate of drug-likeness (QED) is 0.773. The first-order valence-corrected chi connectivity index (χ1v) is 5.93. The summed E-state index contributed by atoms with van der Waals surface area (Å²) in [7, 11) is 0. The summed E-state index contributed by atoms with van der Waals surface area (Å²) in [5.74, 6) is -2.33. The highest BCUT2D eigenvalue weighted by molar-refractivity contribution is 9.11. The molecule has 98 valence electrons. The molecule has 0 bridgehead atoms. The zero-order valence-electron chi connectivity index (χ0n) is 8.44. The minimum Gasteiger partial charge on any atom is -0.307 e. The van der Waals surface area contributed by atoms with Gasteiger partial charge in [-0.15, -0.1) is 0 Å². The summed E-state index contributed by atoms with van der Waals surface area (Å²) in [6.45, 7) is 0. The molecule has 0 saturated heterocycles. The first-order valence-electron chi connectivity index (χ1n) is 4.34. The topological polar surface area (TPSA) is 58.2 Å². The van der Waals surface area contributed by atoms with Crippen molar-refractivity contribution in [1.82, 2.24) is 5.32 Å². The fourth-order valence-electron chi connectivity index (χ4n) is 0.918. The van der Waals surface area contributed by atoms with Crippen LogP contribution in [0.5, 0.6) is 0 Å². The van der Waals surface area contributed by atoms with Crippen LogP contribution < -0.4 is 10.6 Å². The fraction of sp³-hybridized carbons (Fsp3) is 0.111. The highest BCUT2D eigenvalue weighted by Crippen LogP contribution is 2.26. The summed E-state index contributed by atoms with van der Waals surface area (Å²) in [5.41, 5.74) is 0.227. The molecule has 1 aromatic carbocycles. The number of nitrogens with one attached hydrogen (secondary N) is 2. The number of amides is 3. The summed E-state index contributed by atoms with van der Waals surface area (Å²) >= 11 is 6.27. The van der Waals surface area contributed by atoms with E-state index in [2.05, 4.69) is 37.2 Å². The van der Waals surface area contributed by atoms with E-state index in [1.54, 1.807) is 12.1 Å².